The highest BCUT2D eigenvalue weighted by atomic mass is 16.8. The molecule has 2 aliphatic heterocycles. The van der Waals surface area contributed by atoms with Gasteiger partial charge in [-0.2, -0.15) is 0 Å². The number of carbonyl (C=O) groups excluding carboxylic acids is 2. The molecule has 0 aliphatic carbocycles. The number of esters is 2. The first-order valence-electron chi connectivity index (χ1n) is 20.2. The van der Waals surface area contributed by atoms with E-state index in [0.29, 0.717) is 25.7 Å². The van der Waals surface area contributed by atoms with Crippen molar-refractivity contribution in [3.05, 3.63) is 0 Å². The van der Waals surface area contributed by atoms with Crippen LogP contribution in [0.3, 0.4) is 0 Å². The van der Waals surface area contributed by atoms with Crippen molar-refractivity contribution in [3.8, 4) is 0 Å². The lowest BCUT2D eigenvalue weighted by Crippen LogP contribution is -2.65. The maximum atomic E-state index is 12.8. The van der Waals surface area contributed by atoms with Gasteiger partial charge in [-0.1, -0.05) is 90.4 Å². The SMILES string of the molecule is CCCCC[C@H](O)CC(=O)O[C@H]1[C@H](O[C@H]2[C@H](O)[C@@H](O)[C@H](OC[C@H](O)CCCCCCCCCCCC[C@@H](O)C(=O)O)O[C@@H]2COC(C)=O)O[C@H](CO)[C@@H](O)[C@@H]1O. The van der Waals surface area contributed by atoms with Gasteiger partial charge in [0, 0.05) is 6.92 Å². The molecule has 0 bridgehead atoms. The van der Waals surface area contributed by atoms with Gasteiger partial charge in [-0.25, -0.2) is 4.79 Å². The van der Waals surface area contributed by atoms with Crippen LogP contribution in [0, 0.1) is 0 Å². The van der Waals surface area contributed by atoms with Crippen molar-refractivity contribution in [2.24, 2.45) is 0 Å². The number of carbonyl (C=O) groups is 3. The quantitative estimate of drug-likeness (QED) is 0.0369. The predicted molar refractivity (Wildman–Crippen MR) is 196 cm³/mol. The molecule has 2 rings (SSSR count). The minimum Gasteiger partial charge on any atom is -0.479 e. The number of rotatable bonds is 29. The van der Waals surface area contributed by atoms with Crippen LogP contribution in [-0.2, 0) is 42.8 Å². The van der Waals surface area contributed by atoms with Crippen LogP contribution < -0.4 is 0 Å². The first-order valence-corrected chi connectivity index (χ1v) is 20.2. The Hall–Kier alpha value is -2.07. The summed E-state index contributed by atoms with van der Waals surface area (Å²) in [7, 11) is 0. The third kappa shape index (κ3) is 18.2. The lowest BCUT2D eigenvalue weighted by molar-refractivity contribution is -0.361. The van der Waals surface area contributed by atoms with E-state index < -0.39 is 117 Å². The summed E-state index contributed by atoms with van der Waals surface area (Å²) in [4.78, 5) is 35.1. The number of aliphatic hydroxyl groups is 8. The number of aliphatic carboxylic acids is 1. The van der Waals surface area contributed by atoms with E-state index in [4.69, 9.17) is 33.5 Å². The summed E-state index contributed by atoms with van der Waals surface area (Å²) < 4.78 is 33.5. The Balaban J connectivity index is 1.89. The monoisotopic (exact) mass is 812 g/mol. The van der Waals surface area contributed by atoms with E-state index in [0.717, 1.165) is 77.6 Å². The summed E-state index contributed by atoms with van der Waals surface area (Å²) in [5, 5.41) is 92.1. The molecule has 0 aromatic rings. The second kappa shape index (κ2) is 27.6. The highest BCUT2D eigenvalue weighted by Gasteiger charge is 2.52. The molecular weight excluding hydrogens is 744 g/mol. The minimum atomic E-state index is -1.83. The largest absolute Gasteiger partial charge is 0.479 e. The lowest BCUT2D eigenvalue weighted by atomic mass is 9.96. The van der Waals surface area contributed by atoms with Gasteiger partial charge < -0.3 is 74.4 Å². The molecule has 0 radical (unpaired) electrons. The highest BCUT2D eigenvalue weighted by molar-refractivity contribution is 5.71. The fraction of sp³-hybridized carbons (Fsp3) is 0.921. The molecule has 0 spiro atoms. The van der Waals surface area contributed by atoms with Gasteiger partial charge in [-0.3, -0.25) is 9.59 Å². The first kappa shape index (κ1) is 50.1. The van der Waals surface area contributed by atoms with Crippen molar-refractivity contribution in [1.29, 1.82) is 0 Å². The van der Waals surface area contributed by atoms with Crippen LogP contribution >= 0.6 is 0 Å². The summed E-state index contributed by atoms with van der Waals surface area (Å²) in [6, 6.07) is 0. The summed E-state index contributed by atoms with van der Waals surface area (Å²) >= 11 is 0. The standard InChI is InChI=1S/C38H68O18/c1-3-4-13-16-24(41)19-29(44)55-35-31(46)30(45)27(20-39)53-38(35)56-34-28(22-51-23(2)40)54-37(33(48)32(34)47)52-21-25(42)17-14-11-9-7-5-6-8-10-12-15-18-26(43)36(49)50/h24-28,30-35,37-39,41-43,45-48H,3-22H2,1-2H3,(H,49,50)/t24-,25+,26+,27+,28+,30+,31-,32+,33+,34+,35+,37+,38-/m0/s1. The Morgan fingerprint density at radius 3 is 1.77 bits per heavy atom. The lowest BCUT2D eigenvalue weighted by Gasteiger charge is -2.46. The average Bonchev–Trinajstić information content (AvgIpc) is 3.15. The van der Waals surface area contributed by atoms with E-state index in [1.54, 1.807) is 0 Å². The maximum Gasteiger partial charge on any atom is 0.332 e. The molecule has 18 nitrogen and oxygen atoms in total. The molecular formula is C38H68O18. The van der Waals surface area contributed by atoms with Gasteiger partial charge in [0.05, 0.1) is 31.8 Å². The molecule has 2 saturated heterocycles. The van der Waals surface area contributed by atoms with E-state index in [1.807, 2.05) is 6.92 Å². The number of aliphatic hydroxyl groups excluding tert-OH is 8. The van der Waals surface area contributed by atoms with Gasteiger partial charge in [-0.15, -0.1) is 0 Å². The van der Waals surface area contributed by atoms with Gasteiger partial charge in [0.1, 0.15) is 49.3 Å². The Morgan fingerprint density at radius 2 is 1.20 bits per heavy atom. The first-order chi connectivity index (χ1) is 26.7. The zero-order chi connectivity index (χ0) is 41.6. The van der Waals surface area contributed by atoms with Crippen molar-refractivity contribution in [3.63, 3.8) is 0 Å². The van der Waals surface area contributed by atoms with Crippen LogP contribution in [0.15, 0.2) is 0 Å². The van der Waals surface area contributed by atoms with Crippen LogP contribution in [0.25, 0.3) is 0 Å². The predicted octanol–water partition coefficient (Wildman–Crippen LogP) is 0.568. The molecule has 2 aliphatic rings. The summed E-state index contributed by atoms with van der Waals surface area (Å²) in [5.41, 5.74) is 0. The molecule has 18 heteroatoms. The number of unbranched alkanes of at least 4 members (excludes halogenated alkanes) is 11. The molecule has 0 aromatic heterocycles. The molecule has 9 N–H and O–H groups in total. The van der Waals surface area contributed by atoms with Crippen LogP contribution in [0.4, 0.5) is 0 Å². The van der Waals surface area contributed by atoms with E-state index >= 15 is 0 Å². The molecule has 0 amide bonds. The van der Waals surface area contributed by atoms with E-state index in [2.05, 4.69) is 0 Å². The van der Waals surface area contributed by atoms with Crippen LogP contribution in [-0.4, -0.2) is 163 Å². The smallest absolute Gasteiger partial charge is 0.332 e. The topological polar surface area (TPSA) is 289 Å². The number of carboxylic acids is 1. The fourth-order valence-corrected chi connectivity index (χ4v) is 6.66. The fourth-order valence-electron chi connectivity index (χ4n) is 6.66. The molecule has 0 aromatic carbocycles. The van der Waals surface area contributed by atoms with Crippen LogP contribution in [0.2, 0.25) is 0 Å². The molecule has 2 heterocycles. The zero-order valence-corrected chi connectivity index (χ0v) is 32.8. The molecule has 328 valence electrons. The van der Waals surface area contributed by atoms with Crippen LogP contribution in [0.5, 0.6) is 0 Å². The second-order valence-electron chi connectivity index (χ2n) is 14.9. The molecule has 0 saturated carbocycles. The summed E-state index contributed by atoms with van der Waals surface area (Å²) in [5.74, 6) is -2.83. The normalized spacial score (nSPS) is 29.7. The molecule has 13 atom stereocenters. The molecule has 2 fully saturated rings. The number of hydrogen-bond donors (Lipinski definition) is 9. The Kier molecular flexibility index (Phi) is 24.7. The van der Waals surface area contributed by atoms with Crippen molar-refractivity contribution in [2.45, 2.75) is 203 Å². The average molecular weight is 813 g/mol. The van der Waals surface area contributed by atoms with E-state index in [1.165, 1.54) is 0 Å². The van der Waals surface area contributed by atoms with Gasteiger partial charge in [-0.05, 0) is 19.3 Å². The van der Waals surface area contributed by atoms with Gasteiger partial charge in [0.2, 0.25) is 0 Å². The van der Waals surface area contributed by atoms with Crippen molar-refractivity contribution < 1.29 is 88.8 Å². The van der Waals surface area contributed by atoms with Crippen molar-refractivity contribution >= 4 is 17.9 Å². The Bertz CT molecular complexity index is 1100. The third-order valence-electron chi connectivity index (χ3n) is 10.0. The molecule has 0 unspecified atom stereocenters. The summed E-state index contributed by atoms with van der Waals surface area (Å²) in [6.45, 7) is 1.60. The van der Waals surface area contributed by atoms with Crippen molar-refractivity contribution in [1.82, 2.24) is 0 Å². The second-order valence-corrected chi connectivity index (χ2v) is 14.9. The van der Waals surface area contributed by atoms with E-state index in [9.17, 15) is 55.2 Å². The highest BCUT2D eigenvalue weighted by Crippen LogP contribution is 2.31. The Labute approximate surface area is 329 Å². The molecule has 56 heavy (non-hydrogen) atoms. The van der Waals surface area contributed by atoms with Crippen LogP contribution in [0.1, 0.15) is 123 Å². The minimum absolute atomic E-state index is 0.250. The van der Waals surface area contributed by atoms with Crippen molar-refractivity contribution in [2.75, 3.05) is 19.8 Å². The van der Waals surface area contributed by atoms with Gasteiger partial charge in [0.15, 0.2) is 24.8 Å². The van der Waals surface area contributed by atoms with E-state index in [-0.39, 0.29) is 13.0 Å². The van der Waals surface area contributed by atoms with Gasteiger partial charge in [0.25, 0.3) is 0 Å². The summed E-state index contributed by atoms with van der Waals surface area (Å²) in [6.07, 6.45) is -7.18. The maximum absolute atomic E-state index is 12.8. The van der Waals surface area contributed by atoms with Gasteiger partial charge >= 0.3 is 17.9 Å². The zero-order valence-electron chi connectivity index (χ0n) is 32.8. The number of ether oxygens (including phenoxy) is 6. The number of carboxylic acid groups (broad SMARTS) is 1. The number of hydrogen-bond acceptors (Lipinski definition) is 17. The Morgan fingerprint density at radius 1 is 0.661 bits per heavy atom. The third-order valence-corrected chi connectivity index (χ3v) is 10.0.